The van der Waals surface area contributed by atoms with E-state index in [1.165, 1.54) is 25.0 Å². The number of guanidine groups is 1. The van der Waals surface area contributed by atoms with E-state index in [1.54, 1.807) is 0 Å². The third-order valence-corrected chi connectivity index (χ3v) is 6.07. The average molecular weight is 545 g/mol. The van der Waals surface area contributed by atoms with Crippen LogP contribution in [0.4, 0.5) is 14.5 Å². The highest BCUT2D eigenvalue weighted by Crippen LogP contribution is 2.23. The van der Waals surface area contributed by atoms with Gasteiger partial charge in [-0.25, -0.2) is 13.8 Å². The summed E-state index contributed by atoms with van der Waals surface area (Å²) in [5, 5.41) is 11.9. The second-order valence-electron chi connectivity index (χ2n) is 8.06. The van der Waals surface area contributed by atoms with E-state index in [0.29, 0.717) is 44.5 Å². The van der Waals surface area contributed by atoms with Gasteiger partial charge in [0.15, 0.2) is 11.8 Å². The summed E-state index contributed by atoms with van der Waals surface area (Å²) in [5.74, 6) is 1.73. The average Bonchev–Trinajstić information content (AvgIpc) is 3.38. The minimum absolute atomic E-state index is 0. The van der Waals surface area contributed by atoms with Crippen LogP contribution in [-0.2, 0) is 13.6 Å². The van der Waals surface area contributed by atoms with Crippen LogP contribution in [0.25, 0.3) is 0 Å². The Morgan fingerprint density at radius 2 is 1.84 bits per heavy atom. The molecule has 31 heavy (non-hydrogen) atoms. The zero-order chi connectivity index (χ0) is 21.1. The van der Waals surface area contributed by atoms with E-state index in [4.69, 9.17) is 4.99 Å². The monoisotopic (exact) mass is 545 g/mol. The van der Waals surface area contributed by atoms with Crippen molar-refractivity contribution in [2.24, 2.45) is 12.0 Å². The maximum absolute atomic E-state index is 14.2. The van der Waals surface area contributed by atoms with Gasteiger partial charge in [0.2, 0.25) is 0 Å². The molecule has 1 N–H and O–H groups in total. The molecule has 0 amide bonds. The first kappa shape index (κ1) is 23.7. The predicted octanol–water partition coefficient (Wildman–Crippen LogP) is 3.23. The van der Waals surface area contributed by atoms with Gasteiger partial charge in [-0.2, -0.15) is 0 Å². The fourth-order valence-corrected chi connectivity index (χ4v) is 4.11. The van der Waals surface area contributed by atoms with Crippen LogP contribution in [-0.4, -0.2) is 57.8 Å². The zero-order valence-electron chi connectivity index (χ0n) is 18.0. The molecule has 1 aliphatic carbocycles. The van der Waals surface area contributed by atoms with Gasteiger partial charge < -0.3 is 19.7 Å². The second-order valence-corrected chi connectivity index (χ2v) is 8.06. The van der Waals surface area contributed by atoms with Crippen LogP contribution >= 0.6 is 24.0 Å². The maximum atomic E-state index is 14.2. The predicted molar refractivity (Wildman–Crippen MR) is 128 cm³/mol. The molecule has 1 saturated carbocycles. The van der Waals surface area contributed by atoms with Gasteiger partial charge in [-0.15, -0.1) is 34.2 Å². The Balaban J connectivity index is 0.00000272. The van der Waals surface area contributed by atoms with Gasteiger partial charge in [0.25, 0.3) is 0 Å². The molecule has 0 radical (unpaired) electrons. The van der Waals surface area contributed by atoms with Gasteiger partial charge in [0, 0.05) is 45.3 Å². The first-order valence-corrected chi connectivity index (χ1v) is 10.6. The Morgan fingerprint density at radius 1 is 1.13 bits per heavy atom. The summed E-state index contributed by atoms with van der Waals surface area (Å²) in [4.78, 5) is 8.94. The number of aryl methyl sites for hydroxylation is 1. The van der Waals surface area contributed by atoms with Gasteiger partial charge in [0.05, 0.1) is 5.69 Å². The van der Waals surface area contributed by atoms with Crippen LogP contribution in [0.2, 0.25) is 0 Å². The summed E-state index contributed by atoms with van der Waals surface area (Å²) < 4.78 is 29.7. The summed E-state index contributed by atoms with van der Waals surface area (Å²) in [6.45, 7) is 4.95. The third kappa shape index (κ3) is 5.64. The summed E-state index contributed by atoms with van der Waals surface area (Å²) in [6.07, 6.45) is 4.77. The fourth-order valence-electron chi connectivity index (χ4n) is 4.11. The molecule has 2 aromatic rings. The molecule has 0 unspecified atom stereocenters. The van der Waals surface area contributed by atoms with E-state index in [2.05, 4.69) is 20.4 Å². The lowest BCUT2D eigenvalue weighted by Crippen LogP contribution is -2.54. The number of aromatic nitrogens is 3. The molecule has 4 rings (SSSR count). The van der Waals surface area contributed by atoms with Crippen molar-refractivity contribution in [3.63, 3.8) is 0 Å². The maximum Gasteiger partial charge on any atom is 0.194 e. The fraction of sp³-hybridized carbons (Fsp3) is 0.571. The van der Waals surface area contributed by atoms with Crippen molar-refractivity contribution >= 4 is 35.6 Å². The highest BCUT2D eigenvalue weighted by Gasteiger charge is 2.25. The smallest absolute Gasteiger partial charge is 0.194 e. The molecule has 10 heteroatoms. The number of aliphatic imine (C=N–C) groups is 1. The lowest BCUT2D eigenvalue weighted by Gasteiger charge is -2.38. The van der Waals surface area contributed by atoms with Gasteiger partial charge in [-0.1, -0.05) is 12.8 Å². The first-order chi connectivity index (χ1) is 14.5. The molecule has 2 heterocycles. The van der Waals surface area contributed by atoms with E-state index in [0.717, 1.165) is 36.5 Å². The van der Waals surface area contributed by atoms with Crippen LogP contribution in [0.15, 0.2) is 23.2 Å². The number of nitrogens with zero attached hydrogens (tertiary/aromatic N) is 6. The number of anilines is 1. The molecule has 0 atom stereocenters. The third-order valence-electron chi connectivity index (χ3n) is 6.07. The molecule has 1 saturated heterocycles. The molecule has 7 nitrogen and oxygen atoms in total. The highest BCUT2D eigenvalue weighted by molar-refractivity contribution is 14.0. The minimum Gasteiger partial charge on any atom is -0.366 e. The lowest BCUT2D eigenvalue weighted by molar-refractivity contribution is 0.363. The Hall–Kier alpha value is -1.98. The molecular formula is C21H30F2IN7. The van der Waals surface area contributed by atoms with Crippen molar-refractivity contribution in [1.82, 2.24) is 25.0 Å². The molecular weight excluding hydrogens is 515 g/mol. The molecule has 0 spiro atoms. The topological polar surface area (TPSA) is 61.6 Å². The summed E-state index contributed by atoms with van der Waals surface area (Å²) >= 11 is 0. The normalized spacial score (nSPS) is 17.7. The molecule has 1 aliphatic heterocycles. The zero-order valence-corrected chi connectivity index (χ0v) is 20.4. The summed E-state index contributed by atoms with van der Waals surface area (Å²) in [7, 11) is 1.94. The number of rotatable bonds is 4. The van der Waals surface area contributed by atoms with Crippen LogP contribution in [0.5, 0.6) is 0 Å². The number of nitrogens with one attached hydrogen (secondary N) is 1. The van der Waals surface area contributed by atoms with Gasteiger partial charge in [-0.05, 0) is 31.9 Å². The highest BCUT2D eigenvalue weighted by atomic mass is 127. The molecule has 1 aromatic heterocycles. The lowest BCUT2D eigenvalue weighted by atomic mass is 10.2. The van der Waals surface area contributed by atoms with Crippen LogP contribution in [0.1, 0.15) is 37.3 Å². The Labute approximate surface area is 198 Å². The quantitative estimate of drug-likeness (QED) is 0.364. The molecule has 2 aliphatic rings. The number of hydrogen-bond acceptors (Lipinski definition) is 4. The van der Waals surface area contributed by atoms with Crippen LogP contribution in [0, 0.1) is 18.6 Å². The molecule has 1 aromatic carbocycles. The minimum atomic E-state index is -0.419. The van der Waals surface area contributed by atoms with E-state index in [1.807, 2.05) is 23.4 Å². The van der Waals surface area contributed by atoms with Gasteiger partial charge in [-0.3, -0.25) is 0 Å². The van der Waals surface area contributed by atoms with E-state index in [-0.39, 0.29) is 29.8 Å². The van der Waals surface area contributed by atoms with Crippen molar-refractivity contribution in [1.29, 1.82) is 0 Å². The van der Waals surface area contributed by atoms with E-state index < -0.39 is 5.82 Å². The molecule has 2 fully saturated rings. The number of piperazine rings is 1. The SMILES string of the molecule is Cc1nnc(CN=C(NC2CCCC2)N2CCN(c3cc(F)ccc3F)CC2)n1C.I. The van der Waals surface area contributed by atoms with Crippen LogP contribution < -0.4 is 10.2 Å². The summed E-state index contributed by atoms with van der Waals surface area (Å²) in [6, 6.07) is 4.05. The second kappa shape index (κ2) is 10.6. The van der Waals surface area contributed by atoms with Crippen molar-refractivity contribution in [3.05, 3.63) is 41.5 Å². The standard InChI is InChI=1S/C21H29F2N7.HI/c1-15-26-27-20(28(15)2)14-24-21(25-17-5-3-4-6-17)30-11-9-29(10-12-30)19-13-16(22)7-8-18(19)23;/h7-8,13,17H,3-6,9-12,14H2,1-2H3,(H,24,25);1H. The Bertz CT molecular complexity index is 903. The van der Waals surface area contributed by atoms with Crippen molar-refractivity contribution < 1.29 is 8.78 Å². The first-order valence-electron chi connectivity index (χ1n) is 10.6. The Kier molecular flexibility index (Phi) is 8.06. The number of hydrogen-bond donors (Lipinski definition) is 1. The molecule has 170 valence electrons. The Morgan fingerprint density at radius 3 is 2.48 bits per heavy atom. The molecule has 0 bridgehead atoms. The van der Waals surface area contributed by atoms with Crippen molar-refractivity contribution in [3.8, 4) is 0 Å². The largest absolute Gasteiger partial charge is 0.366 e. The van der Waals surface area contributed by atoms with Gasteiger partial charge >= 0.3 is 0 Å². The van der Waals surface area contributed by atoms with Crippen molar-refractivity contribution in [2.75, 3.05) is 31.1 Å². The number of halogens is 3. The van der Waals surface area contributed by atoms with E-state index in [9.17, 15) is 8.78 Å². The van der Waals surface area contributed by atoms with Crippen molar-refractivity contribution in [2.45, 2.75) is 45.2 Å². The number of benzene rings is 1. The van der Waals surface area contributed by atoms with Gasteiger partial charge in [0.1, 0.15) is 24.0 Å². The summed E-state index contributed by atoms with van der Waals surface area (Å²) in [5.41, 5.74) is 0.325. The van der Waals surface area contributed by atoms with E-state index >= 15 is 0 Å². The van der Waals surface area contributed by atoms with Crippen LogP contribution in [0.3, 0.4) is 0 Å².